The summed E-state index contributed by atoms with van der Waals surface area (Å²) < 4.78 is 9.06. The minimum Gasteiger partial charge on any atom is -0.318 e. The van der Waals surface area contributed by atoms with Gasteiger partial charge in [0, 0.05) is 37.5 Å². The van der Waals surface area contributed by atoms with Crippen molar-refractivity contribution in [2.75, 3.05) is 0 Å². The highest BCUT2D eigenvalue weighted by Gasteiger charge is 2.31. The molecule has 35 heavy (non-hydrogen) atoms. The molecular weight excluding hydrogens is 511 g/mol. The number of rotatable bonds is 5. The van der Waals surface area contributed by atoms with Gasteiger partial charge in [-0.2, -0.15) is 0 Å². The van der Waals surface area contributed by atoms with E-state index in [-0.39, 0.29) is 0 Å². The van der Waals surface area contributed by atoms with Crippen molar-refractivity contribution in [3.63, 3.8) is 0 Å². The third-order valence-electron chi connectivity index (χ3n) is 6.40. The fraction of sp³-hybridized carbons (Fsp3) is 0.0968. The summed E-state index contributed by atoms with van der Waals surface area (Å²) in [5, 5.41) is 3.78. The van der Waals surface area contributed by atoms with Crippen LogP contribution in [0.1, 0.15) is 17.0 Å². The maximum Gasteiger partial charge on any atom is 0.0630 e. The molecule has 4 aromatic carbocycles. The van der Waals surface area contributed by atoms with Crippen LogP contribution in [-0.2, 0) is 0 Å². The van der Waals surface area contributed by atoms with Crippen LogP contribution in [0.2, 0.25) is 0 Å². The molecule has 174 valence electrons. The number of benzene rings is 4. The average Bonchev–Trinajstić information content (AvgIpc) is 3.19. The van der Waals surface area contributed by atoms with Gasteiger partial charge in [-0.15, -0.1) is 0 Å². The number of halogens is 1. The molecule has 0 aliphatic carbocycles. The lowest BCUT2D eigenvalue weighted by Crippen LogP contribution is -2.26. The van der Waals surface area contributed by atoms with E-state index in [2.05, 4.69) is 157 Å². The minimum absolute atomic E-state index is 0.981. The summed E-state index contributed by atoms with van der Waals surface area (Å²) in [6.07, 6.45) is 0. The first-order valence-corrected chi connectivity index (χ1v) is 14.3. The molecule has 0 saturated carbocycles. The van der Waals surface area contributed by atoms with Gasteiger partial charge in [0.05, 0.1) is 12.7 Å². The molecular formula is C31H28BrN2P. The predicted octanol–water partition coefficient (Wildman–Crippen LogP) is 7.97. The van der Waals surface area contributed by atoms with E-state index in [9.17, 15) is 0 Å². The summed E-state index contributed by atoms with van der Waals surface area (Å²) in [4.78, 5) is 0. The first-order valence-electron chi connectivity index (χ1n) is 11.7. The van der Waals surface area contributed by atoms with Crippen molar-refractivity contribution in [3.05, 3.63) is 137 Å². The van der Waals surface area contributed by atoms with Crippen LogP contribution in [-0.4, -0.2) is 4.57 Å². The van der Waals surface area contributed by atoms with E-state index < -0.39 is 7.05 Å². The molecule has 5 aromatic rings. The molecule has 0 saturated heterocycles. The van der Waals surface area contributed by atoms with E-state index >= 15 is 0 Å². The van der Waals surface area contributed by atoms with Crippen molar-refractivity contribution in [1.29, 1.82) is 0 Å². The topological polar surface area (TPSA) is 17.3 Å². The minimum atomic E-state index is -2.38. The van der Waals surface area contributed by atoms with Gasteiger partial charge in [-0.1, -0.05) is 94.3 Å². The van der Waals surface area contributed by atoms with Gasteiger partial charge in [-0.05, 0) is 63.2 Å². The molecule has 4 heteroatoms. The Morgan fingerprint density at radius 3 is 1.74 bits per heavy atom. The zero-order valence-corrected chi connectivity index (χ0v) is 22.7. The fourth-order valence-electron chi connectivity index (χ4n) is 4.73. The summed E-state index contributed by atoms with van der Waals surface area (Å²) in [5.41, 5.74) is 5.86. The van der Waals surface area contributed by atoms with Crippen LogP contribution in [0.3, 0.4) is 0 Å². The van der Waals surface area contributed by atoms with Crippen molar-refractivity contribution in [2.24, 2.45) is 4.74 Å². The normalized spacial score (nSPS) is 11.4. The second-order valence-electron chi connectivity index (χ2n) is 8.81. The Morgan fingerprint density at radius 1 is 0.657 bits per heavy atom. The van der Waals surface area contributed by atoms with Crippen molar-refractivity contribution in [1.82, 2.24) is 4.57 Å². The Labute approximate surface area is 216 Å². The molecule has 0 spiro atoms. The van der Waals surface area contributed by atoms with Gasteiger partial charge in [-0.3, -0.25) is 4.74 Å². The average molecular weight is 539 g/mol. The van der Waals surface area contributed by atoms with Gasteiger partial charge >= 0.3 is 0 Å². The van der Waals surface area contributed by atoms with Crippen molar-refractivity contribution in [2.45, 2.75) is 20.8 Å². The van der Waals surface area contributed by atoms with Crippen LogP contribution in [0.5, 0.6) is 0 Å². The van der Waals surface area contributed by atoms with Crippen LogP contribution < -0.4 is 15.9 Å². The molecule has 2 nitrogen and oxygen atoms in total. The van der Waals surface area contributed by atoms with Crippen LogP contribution in [0.15, 0.2) is 124 Å². The zero-order valence-electron chi connectivity index (χ0n) is 20.2. The highest BCUT2D eigenvalue weighted by atomic mass is 79.9. The fourth-order valence-corrected chi connectivity index (χ4v) is 8.82. The molecule has 0 bridgehead atoms. The second-order valence-corrected chi connectivity index (χ2v) is 12.7. The number of hydrogen-bond acceptors (Lipinski definition) is 1. The Kier molecular flexibility index (Phi) is 6.65. The standard InChI is InChI=1S/C31H28BrN2P/c1-23-14-20-28(21-15-23)34-24(2)22-31(25(34)3)35(29-10-6-4-7-11-29,30-12-8-5-9-13-30)33-27-18-16-26(32)17-19-27/h4-22H,1-3H3. The van der Waals surface area contributed by atoms with Gasteiger partial charge in [-0.25, -0.2) is 0 Å². The summed E-state index contributed by atoms with van der Waals surface area (Å²) in [6.45, 7) is 6.56. The lowest BCUT2D eigenvalue weighted by molar-refractivity contribution is 0.968. The molecule has 0 fully saturated rings. The van der Waals surface area contributed by atoms with Gasteiger partial charge in [0.25, 0.3) is 0 Å². The van der Waals surface area contributed by atoms with E-state index in [4.69, 9.17) is 4.74 Å². The molecule has 0 radical (unpaired) electrons. The van der Waals surface area contributed by atoms with Gasteiger partial charge in [0.2, 0.25) is 0 Å². The van der Waals surface area contributed by atoms with Crippen molar-refractivity contribution < 1.29 is 0 Å². The maximum atomic E-state index is 5.64. The third-order valence-corrected chi connectivity index (χ3v) is 10.7. The maximum absolute atomic E-state index is 5.64. The van der Waals surface area contributed by atoms with Gasteiger partial charge in [0.1, 0.15) is 0 Å². The zero-order chi connectivity index (χ0) is 24.4. The Morgan fingerprint density at radius 2 is 1.20 bits per heavy atom. The molecule has 1 heterocycles. The smallest absolute Gasteiger partial charge is 0.0630 e. The lowest BCUT2D eigenvalue weighted by atomic mass is 10.2. The first-order chi connectivity index (χ1) is 17.0. The summed E-state index contributed by atoms with van der Waals surface area (Å²) in [7, 11) is -2.38. The summed E-state index contributed by atoms with van der Waals surface area (Å²) in [6, 6.07) is 41.1. The highest BCUT2D eigenvalue weighted by molar-refractivity contribution is 9.10. The summed E-state index contributed by atoms with van der Waals surface area (Å²) >= 11 is 3.58. The van der Waals surface area contributed by atoms with Crippen LogP contribution in [0, 0.1) is 20.8 Å². The van der Waals surface area contributed by atoms with Gasteiger partial charge < -0.3 is 4.57 Å². The molecule has 0 unspecified atom stereocenters. The van der Waals surface area contributed by atoms with E-state index in [0.717, 1.165) is 10.2 Å². The van der Waals surface area contributed by atoms with E-state index in [1.165, 1.54) is 38.6 Å². The molecule has 1 aromatic heterocycles. The van der Waals surface area contributed by atoms with Crippen LogP contribution in [0.4, 0.5) is 5.69 Å². The largest absolute Gasteiger partial charge is 0.318 e. The Bertz CT molecular complexity index is 1460. The quantitative estimate of drug-likeness (QED) is 0.202. The highest BCUT2D eigenvalue weighted by Crippen LogP contribution is 2.50. The monoisotopic (exact) mass is 538 g/mol. The van der Waals surface area contributed by atoms with Crippen molar-refractivity contribution in [3.8, 4) is 5.69 Å². The molecule has 0 atom stereocenters. The lowest BCUT2D eigenvalue weighted by Gasteiger charge is -2.27. The predicted molar refractivity (Wildman–Crippen MR) is 155 cm³/mol. The first kappa shape index (κ1) is 23.6. The number of hydrogen-bond donors (Lipinski definition) is 0. The van der Waals surface area contributed by atoms with E-state index in [1.807, 2.05) is 0 Å². The van der Waals surface area contributed by atoms with Crippen molar-refractivity contribution >= 4 is 44.6 Å². The molecule has 0 amide bonds. The second kappa shape index (κ2) is 9.85. The Balaban J connectivity index is 1.89. The molecule has 0 aliphatic rings. The number of aryl methyl sites for hydroxylation is 2. The molecule has 5 rings (SSSR count). The molecule has 0 aliphatic heterocycles. The van der Waals surface area contributed by atoms with Crippen LogP contribution >= 0.6 is 23.0 Å². The number of aromatic nitrogens is 1. The van der Waals surface area contributed by atoms with Crippen LogP contribution in [0.25, 0.3) is 5.69 Å². The third kappa shape index (κ3) is 4.47. The number of nitrogens with zero attached hydrogens (tertiary/aromatic N) is 2. The van der Waals surface area contributed by atoms with Gasteiger partial charge in [0.15, 0.2) is 0 Å². The molecule has 0 N–H and O–H groups in total. The SMILES string of the molecule is Cc1ccc(-n2c(C)cc(P(=Nc3ccc(Br)cc3)(c3ccccc3)c3ccccc3)c2C)cc1. The summed E-state index contributed by atoms with van der Waals surface area (Å²) in [5.74, 6) is 0. The Hall–Kier alpha value is -3.13. The van der Waals surface area contributed by atoms with E-state index in [0.29, 0.717) is 0 Å². The van der Waals surface area contributed by atoms with E-state index in [1.54, 1.807) is 0 Å².